The van der Waals surface area contributed by atoms with Crippen LogP contribution in [0.15, 0.2) is 65.7 Å². The van der Waals surface area contributed by atoms with Crippen molar-refractivity contribution in [1.29, 1.82) is 0 Å². The Morgan fingerprint density at radius 3 is 2.58 bits per heavy atom. The van der Waals surface area contributed by atoms with Crippen molar-refractivity contribution < 1.29 is 4.39 Å². The van der Waals surface area contributed by atoms with Gasteiger partial charge in [0.2, 0.25) is 0 Å². The largest absolute Gasteiger partial charge is 0.308 e. The first-order valence-electron chi connectivity index (χ1n) is 8.43. The fourth-order valence-corrected chi connectivity index (χ4v) is 3.00. The molecule has 0 saturated carbocycles. The zero-order chi connectivity index (χ0) is 18.3. The topological polar surface area (TPSA) is 39.3 Å². The minimum absolute atomic E-state index is 0.187. The number of aromatic nitrogens is 3. The summed E-state index contributed by atoms with van der Waals surface area (Å²) in [7, 11) is 0. The third-order valence-electron chi connectivity index (χ3n) is 4.70. The lowest BCUT2D eigenvalue weighted by Crippen LogP contribution is -2.22. The number of fused-ring (bicyclic) bond motifs is 1. The van der Waals surface area contributed by atoms with Gasteiger partial charge in [0.05, 0.1) is 12.2 Å². The molecule has 0 aliphatic heterocycles. The predicted octanol–water partition coefficient (Wildman–Crippen LogP) is 3.97. The molecule has 2 aromatic heterocycles. The summed E-state index contributed by atoms with van der Waals surface area (Å²) >= 11 is 0. The second-order valence-corrected chi connectivity index (χ2v) is 6.48. The van der Waals surface area contributed by atoms with Gasteiger partial charge in [-0.3, -0.25) is 4.79 Å². The van der Waals surface area contributed by atoms with Crippen LogP contribution in [0.2, 0.25) is 0 Å². The molecule has 130 valence electrons. The van der Waals surface area contributed by atoms with Crippen LogP contribution in [-0.4, -0.2) is 14.2 Å². The molecule has 2 aromatic carbocycles. The van der Waals surface area contributed by atoms with E-state index in [1.54, 1.807) is 41.2 Å². The van der Waals surface area contributed by atoms with Gasteiger partial charge in [-0.1, -0.05) is 30.3 Å². The highest BCUT2D eigenvalue weighted by atomic mass is 19.1. The maximum atomic E-state index is 13.9. The van der Waals surface area contributed by atoms with Gasteiger partial charge in [0, 0.05) is 23.5 Å². The SMILES string of the molecule is Cc1ccc(-c2cc3c(=O)n(Cc4ccccc4F)ccn3n2)cc1C. The van der Waals surface area contributed by atoms with Crippen molar-refractivity contribution in [3.05, 3.63) is 93.8 Å². The fourth-order valence-electron chi connectivity index (χ4n) is 3.00. The van der Waals surface area contributed by atoms with Crippen LogP contribution < -0.4 is 5.56 Å². The maximum absolute atomic E-state index is 13.9. The minimum atomic E-state index is -0.316. The summed E-state index contributed by atoms with van der Waals surface area (Å²) < 4.78 is 17.0. The Morgan fingerprint density at radius 2 is 1.81 bits per heavy atom. The average molecular weight is 347 g/mol. The van der Waals surface area contributed by atoms with E-state index in [1.807, 2.05) is 12.1 Å². The van der Waals surface area contributed by atoms with Crippen molar-refractivity contribution in [2.45, 2.75) is 20.4 Å². The van der Waals surface area contributed by atoms with Crippen molar-refractivity contribution >= 4 is 5.52 Å². The number of hydrogen-bond donors (Lipinski definition) is 0. The van der Waals surface area contributed by atoms with Gasteiger partial charge in [0.15, 0.2) is 0 Å². The van der Waals surface area contributed by atoms with Crippen molar-refractivity contribution in [2.75, 3.05) is 0 Å². The third-order valence-corrected chi connectivity index (χ3v) is 4.70. The van der Waals surface area contributed by atoms with E-state index in [1.165, 1.54) is 21.8 Å². The van der Waals surface area contributed by atoms with Gasteiger partial charge in [-0.2, -0.15) is 5.10 Å². The van der Waals surface area contributed by atoms with Gasteiger partial charge in [0.25, 0.3) is 5.56 Å². The number of aryl methyl sites for hydroxylation is 2. The molecule has 0 aliphatic rings. The number of nitrogens with zero attached hydrogens (tertiary/aromatic N) is 3. The van der Waals surface area contributed by atoms with Crippen LogP contribution in [0.4, 0.5) is 4.39 Å². The molecule has 0 spiro atoms. The normalized spacial score (nSPS) is 11.2. The van der Waals surface area contributed by atoms with Gasteiger partial charge in [-0.05, 0) is 43.2 Å². The lowest BCUT2D eigenvalue weighted by molar-refractivity contribution is 0.595. The zero-order valence-electron chi connectivity index (χ0n) is 14.6. The summed E-state index contributed by atoms with van der Waals surface area (Å²) in [6.45, 7) is 4.30. The summed E-state index contributed by atoms with van der Waals surface area (Å²) in [6.07, 6.45) is 3.36. The van der Waals surface area contributed by atoms with Crippen LogP contribution in [0.5, 0.6) is 0 Å². The first kappa shape index (κ1) is 16.3. The molecule has 0 amide bonds. The third kappa shape index (κ3) is 2.81. The molecule has 4 rings (SSSR count). The summed E-state index contributed by atoms with van der Waals surface area (Å²) in [4.78, 5) is 12.8. The van der Waals surface area contributed by atoms with E-state index in [2.05, 4.69) is 25.0 Å². The van der Waals surface area contributed by atoms with Gasteiger partial charge < -0.3 is 4.57 Å². The lowest BCUT2D eigenvalue weighted by Gasteiger charge is -2.06. The number of rotatable bonds is 3. The Morgan fingerprint density at radius 1 is 1.00 bits per heavy atom. The predicted molar refractivity (Wildman–Crippen MR) is 99.9 cm³/mol. The minimum Gasteiger partial charge on any atom is -0.308 e. The Kier molecular flexibility index (Phi) is 3.92. The number of halogens is 1. The Hall–Kier alpha value is -3.21. The molecule has 4 aromatic rings. The maximum Gasteiger partial charge on any atom is 0.276 e. The van der Waals surface area contributed by atoms with E-state index < -0.39 is 0 Å². The quantitative estimate of drug-likeness (QED) is 0.563. The molecule has 0 radical (unpaired) electrons. The molecule has 4 nitrogen and oxygen atoms in total. The molecule has 5 heteroatoms. The van der Waals surface area contributed by atoms with Gasteiger partial charge in [-0.25, -0.2) is 8.91 Å². The molecule has 0 atom stereocenters. The first-order chi connectivity index (χ1) is 12.5. The molecular formula is C21H18FN3O. The van der Waals surface area contributed by atoms with E-state index in [-0.39, 0.29) is 17.9 Å². The monoisotopic (exact) mass is 347 g/mol. The summed E-state index contributed by atoms with van der Waals surface area (Å²) in [6, 6.07) is 14.4. The van der Waals surface area contributed by atoms with Gasteiger partial charge in [-0.15, -0.1) is 0 Å². The second kappa shape index (κ2) is 6.26. The van der Waals surface area contributed by atoms with Crippen LogP contribution in [-0.2, 0) is 6.54 Å². The highest BCUT2D eigenvalue weighted by Crippen LogP contribution is 2.21. The molecule has 26 heavy (non-hydrogen) atoms. The van der Waals surface area contributed by atoms with Crippen molar-refractivity contribution in [3.8, 4) is 11.3 Å². The lowest BCUT2D eigenvalue weighted by atomic mass is 10.0. The Bertz CT molecular complexity index is 1170. The summed E-state index contributed by atoms with van der Waals surface area (Å²) in [5, 5.41) is 4.51. The Balaban J connectivity index is 1.77. The second-order valence-electron chi connectivity index (χ2n) is 6.48. The highest BCUT2D eigenvalue weighted by molar-refractivity contribution is 5.66. The molecular weight excluding hydrogens is 329 g/mol. The smallest absolute Gasteiger partial charge is 0.276 e. The molecule has 2 heterocycles. The van der Waals surface area contributed by atoms with Crippen molar-refractivity contribution in [1.82, 2.24) is 14.2 Å². The van der Waals surface area contributed by atoms with E-state index in [0.717, 1.165) is 11.3 Å². The van der Waals surface area contributed by atoms with Crippen molar-refractivity contribution in [3.63, 3.8) is 0 Å². The van der Waals surface area contributed by atoms with Crippen LogP contribution >= 0.6 is 0 Å². The zero-order valence-corrected chi connectivity index (χ0v) is 14.6. The van der Waals surface area contributed by atoms with Crippen LogP contribution in [0, 0.1) is 19.7 Å². The Labute approximate surface area is 150 Å². The summed E-state index contributed by atoms with van der Waals surface area (Å²) in [5.41, 5.74) is 4.86. The standard InChI is InChI=1S/C21H18FN3O/c1-14-7-8-16(11-15(14)2)19-12-20-21(26)24(9-10-25(20)23-19)13-17-5-3-4-6-18(17)22/h3-12H,13H2,1-2H3. The van der Waals surface area contributed by atoms with Gasteiger partial charge in [0.1, 0.15) is 11.3 Å². The first-order valence-corrected chi connectivity index (χ1v) is 8.43. The van der Waals surface area contributed by atoms with Crippen molar-refractivity contribution in [2.24, 2.45) is 0 Å². The molecule has 0 fully saturated rings. The number of benzene rings is 2. The van der Waals surface area contributed by atoms with Gasteiger partial charge >= 0.3 is 0 Å². The van der Waals surface area contributed by atoms with E-state index in [4.69, 9.17) is 0 Å². The molecule has 0 saturated heterocycles. The van der Waals surface area contributed by atoms with E-state index in [0.29, 0.717) is 11.1 Å². The molecule has 0 N–H and O–H groups in total. The van der Waals surface area contributed by atoms with E-state index in [9.17, 15) is 9.18 Å². The van der Waals surface area contributed by atoms with Crippen LogP contribution in [0.3, 0.4) is 0 Å². The van der Waals surface area contributed by atoms with Crippen LogP contribution in [0.1, 0.15) is 16.7 Å². The fraction of sp³-hybridized carbons (Fsp3) is 0.143. The number of hydrogen-bond acceptors (Lipinski definition) is 2. The van der Waals surface area contributed by atoms with Crippen LogP contribution in [0.25, 0.3) is 16.8 Å². The highest BCUT2D eigenvalue weighted by Gasteiger charge is 2.11. The molecule has 0 unspecified atom stereocenters. The van der Waals surface area contributed by atoms with E-state index >= 15 is 0 Å². The molecule has 0 aliphatic carbocycles. The summed E-state index contributed by atoms with van der Waals surface area (Å²) in [5.74, 6) is -0.316. The molecule has 0 bridgehead atoms. The average Bonchev–Trinajstić information content (AvgIpc) is 3.07.